The van der Waals surface area contributed by atoms with Gasteiger partial charge in [-0.1, -0.05) is 25.6 Å². The van der Waals surface area contributed by atoms with E-state index in [0.717, 1.165) is 6.33 Å². The second-order valence-corrected chi connectivity index (χ2v) is 16.4. The second-order valence-electron chi connectivity index (χ2n) is 11.7. The summed E-state index contributed by atoms with van der Waals surface area (Å²) in [5, 5.41) is 2.70. The number of carbonyl (C=O) groups is 1. The van der Waals surface area contributed by atoms with Gasteiger partial charge in [0.15, 0.2) is 5.82 Å². The lowest BCUT2D eigenvalue weighted by atomic mass is 9.84. The highest BCUT2D eigenvalue weighted by molar-refractivity contribution is 6.83. The first-order chi connectivity index (χ1) is 17.8. The molecule has 0 spiro atoms. The van der Waals surface area contributed by atoms with Crippen molar-refractivity contribution in [1.82, 2.24) is 14.9 Å². The van der Waals surface area contributed by atoms with E-state index in [9.17, 15) is 9.18 Å². The number of hydrogen-bond acceptors (Lipinski definition) is 7. The molecule has 2 fully saturated rings. The Morgan fingerprint density at radius 3 is 2.45 bits per heavy atom. The zero-order valence-corrected chi connectivity index (χ0v) is 23.6. The van der Waals surface area contributed by atoms with Crippen LogP contribution in [0.25, 0.3) is 0 Å². The summed E-state index contributed by atoms with van der Waals surface area (Å²) in [6.45, 7) is 13.2. The monoisotopic (exact) mass is 544 g/mol. The van der Waals surface area contributed by atoms with E-state index < -0.39 is 37.5 Å². The van der Waals surface area contributed by atoms with Gasteiger partial charge in [0.1, 0.15) is 31.9 Å². The number of likely N-dealkylation sites (tertiary alicyclic amines) is 1. The molecule has 11 heteroatoms. The number of anilines is 2. The predicted octanol–water partition coefficient (Wildman–Crippen LogP) is 4.99. The van der Waals surface area contributed by atoms with E-state index in [1.54, 1.807) is 11.0 Å². The maximum Gasteiger partial charge on any atom is 0.410 e. The van der Waals surface area contributed by atoms with Crippen LogP contribution in [0, 0.1) is 34.9 Å². The Hall–Kier alpha value is -3.23. The van der Waals surface area contributed by atoms with Gasteiger partial charge in [-0.25, -0.2) is 14.2 Å². The number of nitrogens with zero attached hydrogens (tertiary/aromatic N) is 3. The van der Waals surface area contributed by atoms with Gasteiger partial charge in [-0.3, -0.25) is 0 Å². The molecular weight excluding hydrogens is 510 g/mol. The topological polar surface area (TPSA) is 85.8 Å². The van der Waals surface area contributed by atoms with Crippen molar-refractivity contribution in [2.24, 2.45) is 11.8 Å². The minimum atomic E-state index is -1.61. The highest BCUT2D eigenvalue weighted by Crippen LogP contribution is 2.34. The van der Waals surface area contributed by atoms with Gasteiger partial charge < -0.3 is 24.4 Å². The zero-order chi connectivity index (χ0) is 27.7. The minimum absolute atomic E-state index is 0.0584. The minimum Gasteiger partial charge on any atom is -0.471 e. The van der Waals surface area contributed by atoms with Gasteiger partial charge >= 0.3 is 6.09 Å². The lowest BCUT2D eigenvalue weighted by Crippen LogP contribution is -2.59. The molecule has 204 valence electrons. The molecule has 2 aliphatic rings. The van der Waals surface area contributed by atoms with Crippen LogP contribution in [-0.2, 0) is 9.47 Å². The zero-order valence-electron chi connectivity index (χ0n) is 22.6. The van der Waals surface area contributed by atoms with E-state index in [1.165, 1.54) is 12.1 Å². The van der Waals surface area contributed by atoms with Crippen molar-refractivity contribution in [3.8, 4) is 17.3 Å². The number of carbonyl (C=O) groups excluding carboxylic acids is 1. The average Bonchev–Trinajstić information content (AvgIpc) is 2.80. The Bertz CT molecular complexity index is 1240. The van der Waals surface area contributed by atoms with Gasteiger partial charge in [-0.2, -0.15) is 9.37 Å². The number of hydrogen-bond donors (Lipinski definition) is 1. The smallest absolute Gasteiger partial charge is 0.410 e. The number of amides is 1. The van der Waals surface area contributed by atoms with Gasteiger partial charge in [0.2, 0.25) is 5.82 Å². The number of nitrogens with one attached hydrogen (secondary N) is 1. The van der Waals surface area contributed by atoms with E-state index in [4.69, 9.17) is 14.2 Å². The molecule has 2 atom stereocenters. The molecule has 4 rings (SSSR count). The number of ether oxygens (including phenoxy) is 3. The van der Waals surface area contributed by atoms with Crippen molar-refractivity contribution >= 4 is 25.7 Å². The maximum atomic E-state index is 15.4. The van der Waals surface area contributed by atoms with Gasteiger partial charge in [-0.15, -0.1) is 5.54 Å². The molecule has 3 heterocycles. The third kappa shape index (κ3) is 6.99. The first-order valence-corrected chi connectivity index (χ1v) is 16.1. The van der Waals surface area contributed by atoms with Crippen molar-refractivity contribution in [2.75, 3.05) is 31.6 Å². The molecule has 2 bridgehead atoms. The summed E-state index contributed by atoms with van der Waals surface area (Å²) >= 11 is 0. The molecule has 2 aliphatic heterocycles. The molecule has 2 aromatic rings. The fourth-order valence-corrected chi connectivity index (χ4v) is 4.82. The van der Waals surface area contributed by atoms with E-state index in [2.05, 4.69) is 46.4 Å². The van der Waals surface area contributed by atoms with Crippen molar-refractivity contribution < 1.29 is 27.8 Å². The van der Waals surface area contributed by atoms with Gasteiger partial charge in [-0.05, 0) is 39.0 Å². The average molecular weight is 545 g/mol. The number of halogens is 2. The lowest BCUT2D eigenvalue weighted by Gasteiger charge is -2.46. The van der Waals surface area contributed by atoms with E-state index >= 15 is 4.39 Å². The summed E-state index contributed by atoms with van der Waals surface area (Å²) in [4.78, 5) is 22.2. The van der Waals surface area contributed by atoms with Crippen LogP contribution in [0.5, 0.6) is 5.88 Å². The van der Waals surface area contributed by atoms with Crippen molar-refractivity contribution in [2.45, 2.75) is 52.1 Å². The Kier molecular flexibility index (Phi) is 7.95. The van der Waals surface area contributed by atoms with Crippen molar-refractivity contribution in [1.29, 1.82) is 0 Å². The van der Waals surface area contributed by atoms with Crippen molar-refractivity contribution in [3.63, 3.8) is 0 Å². The Labute approximate surface area is 223 Å². The molecule has 1 N–H and O–H groups in total. The van der Waals surface area contributed by atoms with Crippen LogP contribution < -0.4 is 10.1 Å². The molecular formula is C27H34F2N4O4Si. The fourth-order valence-electron chi connectivity index (χ4n) is 4.30. The lowest BCUT2D eigenvalue weighted by molar-refractivity contribution is -0.114. The summed E-state index contributed by atoms with van der Waals surface area (Å²) in [6, 6.07) is 4.49. The van der Waals surface area contributed by atoms with Crippen molar-refractivity contribution in [3.05, 3.63) is 41.7 Å². The molecule has 2 unspecified atom stereocenters. The SMILES string of the molecule is CC(C)(C)OC(=O)N1CC2COCC(C1)C2Oc1ncnc(Nc2ccc(C#C[Si](C)(C)C)cc2F)c1F. The number of rotatable bonds is 4. The molecule has 0 radical (unpaired) electrons. The van der Waals surface area contributed by atoms with Crippen LogP contribution in [0.15, 0.2) is 24.5 Å². The molecule has 1 aromatic carbocycles. The fraction of sp³-hybridized carbons (Fsp3) is 0.519. The molecule has 2 saturated heterocycles. The van der Waals surface area contributed by atoms with Gasteiger partial charge in [0.25, 0.3) is 5.88 Å². The standard InChI is InChI=1S/C27H34F2N4O4Si/c1-27(2,3)37-26(34)33-12-18-14-35-15-19(13-33)23(18)36-25-22(29)24(30-16-31-25)32-21-8-7-17(11-20(21)28)9-10-38(4,5)6/h7-8,11,16,18-19,23H,12-15H2,1-6H3,(H,30,31,32). The van der Waals surface area contributed by atoms with E-state index in [1.807, 2.05) is 20.8 Å². The van der Waals surface area contributed by atoms with Crippen LogP contribution in [0.1, 0.15) is 26.3 Å². The third-order valence-corrected chi connectivity index (χ3v) is 6.84. The Balaban J connectivity index is 1.47. The quantitative estimate of drug-likeness (QED) is 0.429. The summed E-state index contributed by atoms with van der Waals surface area (Å²) in [5.41, 5.74) is 3.19. The summed E-state index contributed by atoms with van der Waals surface area (Å²) < 4.78 is 47.4. The van der Waals surface area contributed by atoms with Crippen LogP contribution in [-0.4, -0.2) is 67.0 Å². The molecule has 38 heavy (non-hydrogen) atoms. The van der Waals surface area contributed by atoms with Crippen LogP contribution in [0.2, 0.25) is 19.6 Å². The second kappa shape index (κ2) is 10.9. The largest absolute Gasteiger partial charge is 0.471 e. The summed E-state index contributed by atoms with van der Waals surface area (Å²) in [6.07, 6.45) is 0.349. The number of benzene rings is 1. The predicted molar refractivity (Wildman–Crippen MR) is 142 cm³/mol. The molecule has 0 saturated carbocycles. The highest BCUT2D eigenvalue weighted by atomic mass is 28.3. The molecule has 1 aromatic heterocycles. The van der Waals surface area contributed by atoms with Crippen LogP contribution >= 0.6 is 0 Å². The van der Waals surface area contributed by atoms with Crippen LogP contribution in [0.4, 0.5) is 25.1 Å². The molecule has 8 nitrogen and oxygen atoms in total. The molecule has 1 amide bonds. The van der Waals surface area contributed by atoms with Gasteiger partial charge in [0.05, 0.1) is 18.9 Å². The molecule has 0 aliphatic carbocycles. The first kappa shape index (κ1) is 27.8. The number of piperidine rings is 1. The van der Waals surface area contributed by atoms with E-state index in [0.29, 0.717) is 31.9 Å². The first-order valence-electron chi connectivity index (χ1n) is 12.6. The van der Waals surface area contributed by atoms with Crippen LogP contribution in [0.3, 0.4) is 0 Å². The normalized spacial score (nSPS) is 21.3. The maximum absolute atomic E-state index is 15.4. The Morgan fingerprint density at radius 2 is 1.84 bits per heavy atom. The highest BCUT2D eigenvalue weighted by Gasteiger charge is 2.44. The summed E-state index contributed by atoms with van der Waals surface area (Å²) in [7, 11) is -1.61. The van der Waals surface area contributed by atoms with Gasteiger partial charge in [0, 0.05) is 30.5 Å². The Morgan fingerprint density at radius 1 is 1.16 bits per heavy atom. The number of fused-ring (bicyclic) bond motifs is 2. The van der Waals surface area contributed by atoms with E-state index in [-0.39, 0.29) is 29.2 Å². The number of aromatic nitrogens is 2. The summed E-state index contributed by atoms with van der Waals surface area (Å²) in [5.74, 6) is 0.767. The third-order valence-electron chi connectivity index (χ3n) is 5.96.